The lowest BCUT2D eigenvalue weighted by Gasteiger charge is -2.34. The summed E-state index contributed by atoms with van der Waals surface area (Å²) in [6, 6.07) is 19.2. The zero-order valence-corrected chi connectivity index (χ0v) is 26.4. The molecule has 42 heavy (non-hydrogen) atoms. The third-order valence-corrected chi connectivity index (χ3v) is 8.96. The van der Waals surface area contributed by atoms with Gasteiger partial charge in [0.05, 0.1) is 17.2 Å². The minimum Gasteiger partial charge on any atom is -0.492 e. The van der Waals surface area contributed by atoms with Crippen LogP contribution in [0.1, 0.15) is 51.7 Å². The maximum atomic E-state index is 14.3. The van der Waals surface area contributed by atoms with Gasteiger partial charge in [-0.25, -0.2) is 8.42 Å². The van der Waals surface area contributed by atoms with Crippen molar-refractivity contribution >= 4 is 39.1 Å². The van der Waals surface area contributed by atoms with Gasteiger partial charge in [-0.3, -0.25) is 13.9 Å². The summed E-state index contributed by atoms with van der Waals surface area (Å²) >= 11 is 6.04. The Bertz CT molecular complexity index is 1460. The van der Waals surface area contributed by atoms with Crippen LogP contribution in [0, 0.1) is 6.92 Å². The van der Waals surface area contributed by atoms with Gasteiger partial charge in [0.2, 0.25) is 11.8 Å². The fourth-order valence-electron chi connectivity index (χ4n) is 4.56. The third kappa shape index (κ3) is 8.26. The standard InChI is InChI=1S/C32H40ClN3O5S/c1-6-24(5)34-32(38)28(7-2)35(21-25-13-11-12-23(4)20-25)31(37)22-36(29-14-9-10-15-30(29)41-8-3)42(39,40)27-18-16-26(33)17-19-27/h9-20,24,28H,6-8,21-22H2,1-5H3,(H,34,38)/t24-,28+/m0/s1. The zero-order valence-electron chi connectivity index (χ0n) is 24.8. The smallest absolute Gasteiger partial charge is 0.264 e. The molecule has 8 nitrogen and oxygen atoms in total. The molecule has 0 heterocycles. The highest BCUT2D eigenvalue weighted by molar-refractivity contribution is 7.92. The van der Waals surface area contributed by atoms with Gasteiger partial charge in [-0.1, -0.05) is 67.4 Å². The summed E-state index contributed by atoms with van der Waals surface area (Å²) in [5.41, 5.74) is 2.06. The predicted molar refractivity (Wildman–Crippen MR) is 167 cm³/mol. The number of halogens is 1. The number of rotatable bonds is 14. The van der Waals surface area contributed by atoms with Crippen LogP contribution in [0.2, 0.25) is 5.02 Å². The second-order valence-corrected chi connectivity index (χ2v) is 12.4. The average molecular weight is 614 g/mol. The first-order valence-corrected chi connectivity index (χ1v) is 16.0. The minimum absolute atomic E-state index is 0.0298. The summed E-state index contributed by atoms with van der Waals surface area (Å²) < 4.78 is 35.0. The first-order chi connectivity index (χ1) is 20.0. The molecule has 2 atom stereocenters. The Labute approximate surface area is 254 Å². The number of aryl methyl sites for hydroxylation is 1. The third-order valence-electron chi connectivity index (χ3n) is 6.94. The van der Waals surface area contributed by atoms with Gasteiger partial charge < -0.3 is 15.0 Å². The molecule has 0 aliphatic carbocycles. The number of sulfonamides is 1. The van der Waals surface area contributed by atoms with E-state index < -0.39 is 28.5 Å². The van der Waals surface area contributed by atoms with Gasteiger partial charge in [-0.15, -0.1) is 0 Å². The monoisotopic (exact) mass is 613 g/mol. The lowest BCUT2D eigenvalue weighted by atomic mass is 10.1. The van der Waals surface area contributed by atoms with E-state index in [0.29, 0.717) is 23.8 Å². The van der Waals surface area contributed by atoms with Crippen LogP contribution >= 0.6 is 11.6 Å². The Hall–Kier alpha value is -3.56. The van der Waals surface area contributed by atoms with Crippen molar-refractivity contribution in [3.05, 3.63) is 88.9 Å². The van der Waals surface area contributed by atoms with Gasteiger partial charge in [-0.2, -0.15) is 0 Å². The molecule has 3 rings (SSSR count). The van der Waals surface area contributed by atoms with Gasteiger partial charge in [0.25, 0.3) is 10.0 Å². The van der Waals surface area contributed by atoms with Crippen LogP contribution in [-0.4, -0.2) is 50.4 Å². The molecule has 0 radical (unpaired) electrons. The Balaban J connectivity index is 2.11. The highest BCUT2D eigenvalue weighted by Crippen LogP contribution is 2.33. The SMILES string of the molecule is CCOc1ccccc1N(CC(=O)N(Cc1cccc(C)c1)[C@H](CC)C(=O)N[C@@H](C)CC)S(=O)(=O)c1ccc(Cl)cc1. The molecule has 0 unspecified atom stereocenters. The van der Waals surface area contributed by atoms with Crippen molar-refractivity contribution < 1.29 is 22.7 Å². The number of benzene rings is 3. The Morgan fingerprint density at radius 1 is 0.952 bits per heavy atom. The maximum Gasteiger partial charge on any atom is 0.264 e. The fourth-order valence-corrected chi connectivity index (χ4v) is 6.11. The average Bonchev–Trinajstić information content (AvgIpc) is 2.96. The minimum atomic E-state index is -4.25. The van der Waals surface area contributed by atoms with Crippen molar-refractivity contribution in [1.29, 1.82) is 0 Å². The number of carbonyl (C=O) groups is 2. The molecule has 2 amide bonds. The van der Waals surface area contributed by atoms with Gasteiger partial charge in [0, 0.05) is 17.6 Å². The summed E-state index contributed by atoms with van der Waals surface area (Å²) in [6.07, 6.45) is 1.08. The van der Waals surface area contributed by atoms with Gasteiger partial charge in [0.15, 0.2) is 0 Å². The molecule has 10 heteroatoms. The molecule has 0 aliphatic rings. The van der Waals surface area contributed by atoms with Gasteiger partial charge >= 0.3 is 0 Å². The van der Waals surface area contributed by atoms with E-state index in [1.165, 1.54) is 29.2 Å². The molecule has 226 valence electrons. The topological polar surface area (TPSA) is 96.0 Å². The van der Waals surface area contributed by atoms with E-state index in [9.17, 15) is 18.0 Å². The number of carbonyl (C=O) groups excluding carboxylic acids is 2. The number of nitrogens with one attached hydrogen (secondary N) is 1. The van der Waals surface area contributed by atoms with Crippen molar-refractivity contribution in [1.82, 2.24) is 10.2 Å². The van der Waals surface area contributed by atoms with Crippen molar-refractivity contribution in [2.24, 2.45) is 0 Å². The summed E-state index contributed by atoms with van der Waals surface area (Å²) in [6.45, 7) is 9.35. The predicted octanol–water partition coefficient (Wildman–Crippen LogP) is 5.96. The highest BCUT2D eigenvalue weighted by atomic mass is 35.5. The Kier molecular flexibility index (Phi) is 11.8. The van der Waals surface area contributed by atoms with E-state index in [4.69, 9.17) is 16.3 Å². The Morgan fingerprint density at radius 3 is 2.26 bits per heavy atom. The number of amides is 2. The molecule has 0 spiro atoms. The van der Waals surface area contributed by atoms with E-state index in [1.54, 1.807) is 31.2 Å². The van der Waals surface area contributed by atoms with E-state index in [0.717, 1.165) is 21.9 Å². The number of ether oxygens (including phenoxy) is 1. The summed E-state index contributed by atoms with van der Waals surface area (Å²) in [7, 11) is -4.25. The van der Waals surface area contributed by atoms with Crippen molar-refractivity contribution in [3.63, 3.8) is 0 Å². The summed E-state index contributed by atoms with van der Waals surface area (Å²) in [4.78, 5) is 29.1. The lowest BCUT2D eigenvalue weighted by Crippen LogP contribution is -2.53. The second-order valence-electron chi connectivity index (χ2n) is 10.1. The molecule has 0 bridgehead atoms. The van der Waals surface area contributed by atoms with E-state index in [1.807, 2.05) is 52.0 Å². The molecular formula is C32H40ClN3O5S. The molecule has 3 aromatic rings. The molecule has 3 aromatic carbocycles. The lowest BCUT2D eigenvalue weighted by molar-refractivity contribution is -0.140. The fraction of sp³-hybridized carbons (Fsp3) is 0.375. The summed E-state index contributed by atoms with van der Waals surface area (Å²) in [5.74, 6) is -0.488. The summed E-state index contributed by atoms with van der Waals surface area (Å²) in [5, 5.41) is 3.37. The molecule has 0 aliphatic heterocycles. The van der Waals surface area contributed by atoms with Crippen LogP contribution in [0.5, 0.6) is 5.75 Å². The van der Waals surface area contributed by atoms with Crippen LogP contribution in [0.3, 0.4) is 0 Å². The van der Waals surface area contributed by atoms with Crippen molar-refractivity contribution in [2.45, 2.75) is 71.0 Å². The molecule has 0 saturated carbocycles. The van der Waals surface area contributed by atoms with Crippen LogP contribution < -0.4 is 14.4 Å². The van der Waals surface area contributed by atoms with Crippen LogP contribution in [-0.2, 0) is 26.2 Å². The van der Waals surface area contributed by atoms with Crippen molar-refractivity contribution in [3.8, 4) is 5.75 Å². The first-order valence-electron chi connectivity index (χ1n) is 14.2. The molecule has 0 saturated heterocycles. The zero-order chi connectivity index (χ0) is 30.9. The quantitative estimate of drug-likeness (QED) is 0.242. The van der Waals surface area contributed by atoms with Crippen LogP contribution in [0.25, 0.3) is 0 Å². The van der Waals surface area contributed by atoms with Crippen molar-refractivity contribution in [2.75, 3.05) is 17.5 Å². The first kappa shape index (κ1) is 32.9. The normalized spacial score (nSPS) is 12.7. The maximum absolute atomic E-state index is 14.3. The van der Waals surface area contributed by atoms with Crippen LogP contribution in [0.15, 0.2) is 77.7 Å². The van der Waals surface area contributed by atoms with Gasteiger partial charge in [-0.05, 0) is 75.6 Å². The highest BCUT2D eigenvalue weighted by Gasteiger charge is 2.35. The Morgan fingerprint density at radius 2 is 1.64 bits per heavy atom. The van der Waals surface area contributed by atoms with E-state index in [2.05, 4.69) is 5.32 Å². The molecule has 0 fully saturated rings. The number of nitrogens with zero attached hydrogens (tertiary/aromatic N) is 2. The van der Waals surface area contributed by atoms with Crippen LogP contribution in [0.4, 0.5) is 5.69 Å². The van der Waals surface area contributed by atoms with E-state index in [-0.39, 0.29) is 29.1 Å². The van der Waals surface area contributed by atoms with E-state index >= 15 is 0 Å². The number of anilines is 1. The number of hydrogen-bond donors (Lipinski definition) is 1. The molecule has 1 N–H and O–H groups in total. The second kappa shape index (κ2) is 15.1. The molecular weight excluding hydrogens is 574 g/mol. The molecule has 0 aromatic heterocycles. The number of hydrogen-bond acceptors (Lipinski definition) is 5. The number of para-hydroxylation sites is 2. The van der Waals surface area contributed by atoms with Gasteiger partial charge in [0.1, 0.15) is 18.3 Å². The largest absolute Gasteiger partial charge is 0.492 e.